The minimum Gasteiger partial charge on any atom is -0.264 e. The molecule has 0 bridgehead atoms. The molecule has 0 N–H and O–H groups in total. The monoisotopic (exact) mass is 690 g/mol. The van der Waals surface area contributed by atoms with Crippen LogP contribution in [-0.2, 0) is 0 Å². The summed E-state index contributed by atoms with van der Waals surface area (Å²) in [6.45, 7) is 0. The third-order valence-corrected chi connectivity index (χ3v) is 9.82. The van der Waals surface area contributed by atoms with E-state index in [0.717, 1.165) is 89.3 Å². The molecule has 5 aromatic carbocycles. The number of hydrogen-bond donors (Lipinski definition) is 0. The molecule has 54 heavy (non-hydrogen) atoms. The first-order chi connectivity index (χ1) is 26.8. The van der Waals surface area contributed by atoms with Gasteiger partial charge in [0.25, 0.3) is 0 Å². The van der Waals surface area contributed by atoms with E-state index in [2.05, 4.69) is 156 Å². The van der Waals surface area contributed by atoms with Crippen molar-refractivity contribution in [2.45, 2.75) is 0 Å². The van der Waals surface area contributed by atoms with E-state index >= 15 is 0 Å². The summed E-state index contributed by atoms with van der Waals surface area (Å²) in [4.78, 5) is 18.3. The van der Waals surface area contributed by atoms with Crippen LogP contribution in [0.4, 0.5) is 0 Å². The number of nitrogens with zero attached hydrogens (tertiary/aromatic N) is 4. The van der Waals surface area contributed by atoms with E-state index in [0.29, 0.717) is 0 Å². The van der Waals surface area contributed by atoms with Crippen LogP contribution in [0.5, 0.6) is 0 Å². The van der Waals surface area contributed by atoms with Gasteiger partial charge in [0.1, 0.15) is 0 Å². The van der Waals surface area contributed by atoms with Crippen LogP contribution in [0.25, 0.3) is 89.3 Å². The standard InChI is InChI=1S/C50H34N4/c1-3-9-39(10-4-1)49-29-41(23-27-53-49)47-32-48(42-24-28-54-50(30-42)40-11-5-2-6-12-40)46(38-21-17-36(18-22-38)44-14-8-26-52-34-44)31-45(47)37-19-15-35(16-20-37)43-13-7-25-51-33-43/h1-34H. The lowest BCUT2D eigenvalue weighted by Gasteiger charge is -2.19. The summed E-state index contributed by atoms with van der Waals surface area (Å²) in [7, 11) is 0. The molecular weight excluding hydrogens is 657 g/mol. The van der Waals surface area contributed by atoms with Gasteiger partial charge in [-0.25, -0.2) is 0 Å². The fraction of sp³-hybridized carbons (Fsp3) is 0. The zero-order valence-electron chi connectivity index (χ0n) is 29.4. The Morgan fingerprint density at radius 3 is 1.00 bits per heavy atom. The molecule has 0 fully saturated rings. The molecule has 0 aliphatic rings. The maximum atomic E-state index is 4.79. The largest absolute Gasteiger partial charge is 0.264 e. The van der Waals surface area contributed by atoms with Gasteiger partial charge in [-0.2, -0.15) is 0 Å². The van der Waals surface area contributed by atoms with Crippen molar-refractivity contribution in [1.82, 2.24) is 19.9 Å². The highest BCUT2D eigenvalue weighted by Gasteiger charge is 2.18. The van der Waals surface area contributed by atoms with Crippen LogP contribution in [-0.4, -0.2) is 19.9 Å². The summed E-state index contributed by atoms with van der Waals surface area (Å²) in [6.07, 6.45) is 11.3. The molecule has 4 aromatic heterocycles. The molecule has 0 atom stereocenters. The average molecular weight is 691 g/mol. The first-order valence-corrected chi connectivity index (χ1v) is 18.0. The quantitative estimate of drug-likeness (QED) is 0.159. The zero-order chi connectivity index (χ0) is 36.1. The molecule has 4 heteroatoms. The molecule has 9 aromatic rings. The Hall–Kier alpha value is -7.30. The third-order valence-electron chi connectivity index (χ3n) is 9.82. The summed E-state index contributed by atoms with van der Waals surface area (Å²) in [5, 5.41) is 0. The molecule has 0 spiro atoms. The lowest BCUT2D eigenvalue weighted by Crippen LogP contribution is -1.94. The molecule has 0 unspecified atom stereocenters. The first kappa shape index (κ1) is 32.6. The van der Waals surface area contributed by atoms with E-state index in [1.807, 2.05) is 49.1 Å². The molecule has 0 aliphatic carbocycles. The summed E-state index contributed by atoms with van der Waals surface area (Å²) in [6, 6.07) is 59.8. The zero-order valence-corrected chi connectivity index (χ0v) is 29.4. The van der Waals surface area contributed by atoms with Crippen LogP contribution >= 0.6 is 0 Å². The molecule has 4 heterocycles. The fourth-order valence-corrected chi connectivity index (χ4v) is 7.04. The van der Waals surface area contributed by atoms with Gasteiger partial charge in [0.05, 0.1) is 11.4 Å². The summed E-state index contributed by atoms with van der Waals surface area (Å²) in [5.41, 5.74) is 17.3. The predicted molar refractivity (Wildman–Crippen MR) is 221 cm³/mol. The molecule has 0 saturated heterocycles. The second-order valence-electron chi connectivity index (χ2n) is 13.2. The molecule has 0 aliphatic heterocycles. The van der Waals surface area contributed by atoms with E-state index < -0.39 is 0 Å². The van der Waals surface area contributed by atoms with Crippen molar-refractivity contribution in [2.75, 3.05) is 0 Å². The van der Waals surface area contributed by atoms with Crippen molar-refractivity contribution in [3.05, 3.63) is 207 Å². The number of benzene rings is 5. The topological polar surface area (TPSA) is 51.6 Å². The fourth-order valence-electron chi connectivity index (χ4n) is 7.04. The molecule has 9 rings (SSSR count). The van der Waals surface area contributed by atoms with Crippen LogP contribution < -0.4 is 0 Å². The van der Waals surface area contributed by atoms with Gasteiger partial charge in [-0.15, -0.1) is 0 Å². The van der Waals surface area contributed by atoms with Gasteiger partial charge in [-0.05, 0) is 115 Å². The Balaban J connectivity index is 1.27. The van der Waals surface area contributed by atoms with E-state index in [-0.39, 0.29) is 0 Å². The Morgan fingerprint density at radius 1 is 0.241 bits per heavy atom. The maximum absolute atomic E-state index is 4.79. The normalized spacial score (nSPS) is 11.0. The van der Waals surface area contributed by atoms with Crippen LogP contribution in [0.15, 0.2) is 207 Å². The minimum absolute atomic E-state index is 0.929. The highest BCUT2D eigenvalue weighted by molar-refractivity contribution is 5.96. The SMILES string of the molecule is c1ccc(-c2cc(-c3cc(-c4ccnc(-c5ccccc5)c4)c(-c4ccc(-c5cccnc5)cc4)cc3-c3ccc(-c4cccnc4)cc3)ccn2)cc1. The van der Waals surface area contributed by atoms with Gasteiger partial charge < -0.3 is 0 Å². The molecule has 0 amide bonds. The summed E-state index contributed by atoms with van der Waals surface area (Å²) in [5.74, 6) is 0. The van der Waals surface area contributed by atoms with Crippen molar-refractivity contribution < 1.29 is 0 Å². The number of hydrogen-bond acceptors (Lipinski definition) is 4. The molecule has 4 nitrogen and oxygen atoms in total. The number of rotatable bonds is 8. The van der Waals surface area contributed by atoms with Gasteiger partial charge in [-0.3, -0.25) is 19.9 Å². The van der Waals surface area contributed by atoms with E-state index in [1.165, 1.54) is 0 Å². The Bertz CT molecular complexity index is 2470. The van der Waals surface area contributed by atoms with Crippen molar-refractivity contribution in [3.8, 4) is 89.3 Å². The minimum atomic E-state index is 0.929. The summed E-state index contributed by atoms with van der Waals surface area (Å²) >= 11 is 0. The average Bonchev–Trinajstić information content (AvgIpc) is 3.27. The smallest absolute Gasteiger partial charge is 0.0708 e. The number of pyridine rings is 4. The Kier molecular flexibility index (Phi) is 8.90. The van der Waals surface area contributed by atoms with E-state index in [1.54, 1.807) is 12.4 Å². The second-order valence-corrected chi connectivity index (χ2v) is 13.2. The van der Waals surface area contributed by atoms with E-state index in [9.17, 15) is 0 Å². The Morgan fingerprint density at radius 2 is 0.611 bits per heavy atom. The van der Waals surface area contributed by atoms with Crippen LogP contribution in [0.1, 0.15) is 0 Å². The first-order valence-electron chi connectivity index (χ1n) is 18.0. The Labute approximate surface area is 315 Å². The van der Waals surface area contributed by atoms with Crippen molar-refractivity contribution in [3.63, 3.8) is 0 Å². The number of aromatic nitrogens is 4. The lowest BCUT2D eigenvalue weighted by atomic mass is 9.85. The van der Waals surface area contributed by atoms with Gasteiger partial charge in [0.15, 0.2) is 0 Å². The van der Waals surface area contributed by atoms with Gasteiger partial charge >= 0.3 is 0 Å². The van der Waals surface area contributed by atoms with Crippen molar-refractivity contribution in [1.29, 1.82) is 0 Å². The molecular formula is C50H34N4. The van der Waals surface area contributed by atoms with Gasteiger partial charge in [0, 0.05) is 48.3 Å². The summed E-state index contributed by atoms with van der Waals surface area (Å²) < 4.78 is 0. The van der Waals surface area contributed by atoms with E-state index in [4.69, 9.17) is 9.97 Å². The molecule has 254 valence electrons. The second kappa shape index (κ2) is 14.7. The highest BCUT2D eigenvalue weighted by atomic mass is 14.7. The van der Waals surface area contributed by atoms with Crippen molar-refractivity contribution in [2.24, 2.45) is 0 Å². The van der Waals surface area contributed by atoms with Crippen LogP contribution in [0.2, 0.25) is 0 Å². The lowest BCUT2D eigenvalue weighted by molar-refractivity contribution is 1.32. The molecule has 0 radical (unpaired) electrons. The highest BCUT2D eigenvalue weighted by Crippen LogP contribution is 2.44. The van der Waals surface area contributed by atoms with Crippen LogP contribution in [0.3, 0.4) is 0 Å². The maximum Gasteiger partial charge on any atom is 0.0708 e. The van der Waals surface area contributed by atoms with Gasteiger partial charge in [0.2, 0.25) is 0 Å². The molecule has 0 saturated carbocycles. The van der Waals surface area contributed by atoms with Crippen LogP contribution in [0, 0.1) is 0 Å². The van der Waals surface area contributed by atoms with Gasteiger partial charge in [-0.1, -0.05) is 121 Å². The van der Waals surface area contributed by atoms with Crippen molar-refractivity contribution >= 4 is 0 Å². The predicted octanol–water partition coefficient (Wildman–Crippen LogP) is 12.6. The third kappa shape index (κ3) is 6.72.